The highest BCUT2D eigenvalue weighted by atomic mass is 32.1. The van der Waals surface area contributed by atoms with Crippen molar-refractivity contribution in [2.75, 3.05) is 14.2 Å². The molecule has 1 heterocycles. The molecule has 1 aromatic heterocycles. The van der Waals surface area contributed by atoms with Gasteiger partial charge in [0.2, 0.25) is 0 Å². The van der Waals surface area contributed by atoms with E-state index in [2.05, 4.69) is 22.8 Å². The molecule has 3 aromatic rings. The smallest absolute Gasteiger partial charge is 0.255 e. The highest BCUT2D eigenvalue weighted by molar-refractivity contribution is 7.08. The number of thiophene rings is 1. The van der Waals surface area contributed by atoms with Crippen molar-refractivity contribution in [3.8, 4) is 22.6 Å². The van der Waals surface area contributed by atoms with E-state index in [-0.39, 0.29) is 5.91 Å². The quantitative estimate of drug-likeness (QED) is 0.716. The lowest BCUT2D eigenvalue weighted by atomic mass is 10.0. The Bertz CT molecular complexity index is 859. The topological polar surface area (TPSA) is 47.6 Å². The van der Waals surface area contributed by atoms with Gasteiger partial charge in [-0.15, -0.1) is 0 Å². The molecule has 0 atom stereocenters. The first kappa shape index (κ1) is 17.0. The third-order valence-corrected chi connectivity index (χ3v) is 4.62. The summed E-state index contributed by atoms with van der Waals surface area (Å²) in [6, 6.07) is 15.4. The van der Waals surface area contributed by atoms with Gasteiger partial charge in [-0.2, -0.15) is 11.3 Å². The fourth-order valence-corrected chi connectivity index (χ4v) is 3.37. The highest BCUT2D eigenvalue weighted by Crippen LogP contribution is 2.31. The van der Waals surface area contributed by atoms with Crippen LogP contribution < -0.4 is 14.8 Å². The van der Waals surface area contributed by atoms with Crippen molar-refractivity contribution in [1.29, 1.82) is 0 Å². The Kier molecular flexibility index (Phi) is 5.36. The number of carbonyl (C=O) groups is 1. The van der Waals surface area contributed by atoms with E-state index in [0.29, 0.717) is 23.6 Å². The molecule has 128 valence electrons. The largest absolute Gasteiger partial charge is 0.493 e. The summed E-state index contributed by atoms with van der Waals surface area (Å²) in [6.45, 7) is 0.436. The van der Waals surface area contributed by atoms with E-state index >= 15 is 0 Å². The van der Waals surface area contributed by atoms with E-state index in [1.807, 2.05) is 23.6 Å². The summed E-state index contributed by atoms with van der Waals surface area (Å²) >= 11 is 1.66. The predicted molar refractivity (Wildman–Crippen MR) is 100 cm³/mol. The van der Waals surface area contributed by atoms with Crippen molar-refractivity contribution >= 4 is 17.2 Å². The van der Waals surface area contributed by atoms with Gasteiger partial charge >= 0.3 is 0 Å². The van der Waals surface area contributed by atoms with Crippen molar-refractivity contribution in [3.05, 3.63) is 70.4 Å². The molecule has 5 heteroatoms. The minimum Gasteiger partial charge on any atom is -0.493 e. The Morgan fingerprint density at radius 2 is 1.88 bits per heavy atom. The maximum Gasteiger partial charge on any atom is 0.255 e. The first-order chi connectivity index (χ1) is 12.2. The lowest BCUT2D eigenvalue weighted by Crippen LogP contribution is -2.23. The van der Waals surface area contributed by atoms with Crippen LogP contribution in [0.2, 0.25) is 0 Å². The minimum atomic E-state index is -0.198. The van der Waals surface area contributed by atoms with Crippen LogP contribution in [-0.2, 0) is 6.54 Å². The Labute approximate surface area is 151 Å². The number of ether oxygens (including phenoxy) is 2. The zero-order chi connectivity index (χ0) is 17.6. The van der Waals surface area contributed by atoms with Gasteiger partial charge in [0.1, 0.15) is 0 Å². The van der Waals surface area contributed by atoms with Crippen LogP contribution in [0.4, 0.5) is 0 Å². The van der Waals surface area contributed by atoms with Gasteiger partial charge in [0, 0.05) is 6.54 Å². The average Bonchev–Trinajstić information content (AvgIpc) is 3.20. The molecule has 0 saturated heterocycles. The van der Waals surface area contributed by atoms with E-state index in [1.54, 1.807) is 36.6 Å². The van der Waals surface area contributed by atoms with Crippen molar-refractivity contribution in [2.45, 2.75) is 6.54 Å². The number of hydrogen-bond donors (Lipinski definition) is 1. The molecule has 2 aromatic carbocycles. The zero-order valence-corrected chi connectivity index (χ0v) is 14.9. The fourth-order valence-electron chi connectivity index (χ4n) is 2.71. The van der Waals surface area contributed by atoms with Crippen LogP contribution in [0.5, 0.6) is 11.5 Å². The summed E-state index contributed by atoms with van der Waals surface area (Å²) in [4.78, 5) is 12.6. The molecule has 4 nitrogen and oxygen atoms in total. The molecule has 0 unspecified atom stereocenters. The van der Waals surface area contributed by atoms with E-state index in [9.17, 15) is 4.79 Å². The van der Waals surface area contributed by atoms with Gasteiger partial charge in [-0.05, 0) is 45.6 Å². The van der Waals surface area contributed by atoms with E-state index in [1.165, 1.54) is 7.11 Å². The maximum atomic E-state index is 12.6. The maximum absolute atomic E-state index is 12.6. The summed E-state index contributed by atoms with van der Waals surface area (Å²) in [7, 11) is 3.08. The second-order valence-electron chi connectivity index (χ2n) is 5.39. The summed E-state index contributed by atoms with van der Waals surface area (Å²) in [5.41, 5.74) is 3.81. The third kappa shape index (κ3) is 3.67. The molecular weight excluding hydrogens is 334 g/mol. The molecule has 3 rings (SSSR count). The summed E-state index contributed by atoms with van der Waals surface area (Å²) < 4.78 is 10.6. The number of benzene rings is 2. The second kappa shape index (κ2) is 7.85. The highest BCUT2D eigenvalue weighted by Gasteiger charge is 2.16. The number of rotatable bonds is 6. The van der Waals surface area contributed by atoms with Crippen LogP contribution in [0.1, 0.15) is 15.9 Å². The molecule has 0 radical (unpaired) electrons. The van der Waals surface area contributed by atoms with Crippen LogP contribution in [0.3, 0.4) is 0 Å². The fraction of sp³-hybridized carbons (Fsp3) is 0.150. The van der Waals surface area contributed by atoms with Gasteiger partial charge in [-0.3, -0.25) is 4.79 Å². The monoisotopic (exact) mass is 353 g/mol. The van der Waals surface area contributed by atoms with Crippen molar-refractivity contribution < 1.29 is 14.3 Å². The predicted octanol–water partition coefficient (Wildman–Crippen LogP) is 4.36. The minimum absolute atomic E-state index is 0.198. The van der Waals surface area contributed by atoms with Gasteiger partial charge < -0.3 is 14.8 Å². The first-order valence-electron chi connectivity index (χ1n) is 7.84. The van der Waals surface area contributed by atoms with Crippen LogP contribution >= 0.6 is 11.3 Å². The van der Waals surface area contributed by atoms with E-state index in [0.717, 1.165) is 16.7 Å². The molecular formula is C20H19NO3S. The molecule has 0 aliphatic rings. The molecule has 0 aliphatic heterocycles. The summed E-state index contributed by atoms with van der Waals surface area (Å²) in [5.74, 6) is 0.776. The molecule has 0 aliphatic carbocycles. The molecule has 25 heavy (non-hydrogen) atoms. The van der Waals surface area contributed by atoms with Crippen LogP contribution in [0.25, 0.3) is 11.1 Å². The number of para-hydroxylation sites is 1. The number of amides is 1. The van der Waals surface area contributed by atoms with Crippen LogP contribution in [0, 0.1) is 0 Å². The number of nitrogens with one attached hydrogen (secondary N) is 1. The van der Waals surface area contributed by atoms with Gasteiger partial charge in [0.25, 0.3) is 5.91 Å². The molecule has 1 amide bonds. The second-order valence-corrected chi connectivity index (χ2v) is 6.17. The van der Waals surface area contributed by atoms with E-state index in [4.69, 9.17) is 9.47 Å². The van der Waals surface area contributed by atoms with Crippen LogP contribution in [0.15, 0.2) is 59.3 Å². The van der Waals surface area contributed by atoms with Gasteiger partial charge in [-0.1, -0.05) is 30.3 Å². The SMILES string of the molecule is COc1cccc(C(=O)NCc2ccccc2-c2ccsc2)c1OC. The number of hydrogen-bond acceptors (Lipinski definition) is 4. The van der Waals surface area contributed by atoms with E-state index < -0.39 is 0 Å². The third-order valence-electron chi connectivity index (χ3n) is 3.94. The van der Waals surface area contributed by atoms with Crippen molar-refractivity contribution in [3.63, 3.8) is 0 Å². The first-order valence-corrected chi connectivity index (χ1v) is 8.78. The Balaban J connectivity index is 1.80. The number of carbonyl (C=O) groups excluding carboxylic acids is 1. The Hall–Kier alpha value is -2.79. The molecule has 0 fully saturated rings. The zero-order valence-electron chi connectivity index (χ0n) is 14.1. The van der Waals surface area contributed by atoms with Crippen molar-refractivity contribution in [2.24, 2.45) is 0 Å². The average molecular weight is 353 g/mol. The van der Waals surface area contributed by atoms with Crippen molar-refractivity contribution in [1.82, 2.24) is 5.32 Å². The molecule has 0 bridgehead atoms. The lowest BCUT2D eigenvalue weighted by Gasteiger charge is -2.13. The van der Waals surface area contributed by atoms with Gasteiger partial charge in [0.15, 0.2) is 11.5 Å². The Morgan fingerprint density at radius 3 is 2.60 bits per heavy atom. The van der Waals surface area contributed by atoms with Crippen LogP contribution in [-0.4, -0.2) is 20.1 Å². The molecule has 0 saturated carbocycles. The lowest BCUT2D eigenvalue weighted by molar-refractivity contribution is 0.0947. The standard InChI is InChI=1S/C20H19NO3S/c1-23-18-9-5-8-17(19(18)24-2)20(22)21-12-14-6-3-4-7-16(14)15-10-11-25-13-15/h3-11,13H,12H2,1-2H3,(H,21,22). The summed E-state index contributed by atoms with van der Waals surface area (Å²) in [6.07, 6.45) is 0. The number of methoxy groups -OCH3 is 2. The summed E-state index contributed by atoms with van der Waals surface area (Å²) in [5, 5.41) is 7.12. The van der Waals surface area contributed by atoms with Gasteiger partial charge in [0.05, 0.1) is 19.8 Å². The van der Waals surface area contributed by atoms with Gasteiger partial charge in [-0.25, -0.2) is 0 Å². The normalized spacial score (nSPS) is 10.3. The molecule has 1 N–H and O–H groups in total. The molecule has 0 spiro atoms. The Morgan fingerprint density at radius 1 is 1.04 bits per heavy atom.